The highest BCUT2D eigenvalue weighted by molar-refractivity contribution is 7.47. The molecule has 8 atom stereocenters. The van der Waals surface area contributed by atoms with Crippen molar-refractivity contribution < 1.29 is 59.0 Å². The number of unbranched alkanes of at least 4 members (excludes halogenated alkanes) is 30. The van der Waals surface area contributed by atoms with E-state index in [1.807, 2.05) is 0 Å². The quantitative estimate of drug-likeness (QED) is 0.0158. The lowest BCUT2D eigenvalue weighted by molar-refractivity contribution is -0.220. The number of carbonyl (C=O) groups excluding carboxylic acids is 1. The van der Waals surface area contributed by atoms with Crippen molar-refractivity contribution >= 4 is 13.7 Å². The molecule has 14 heteroatoms. The normalized spacial score (nSPS) is 22.5. The number of aliphatic hydroxyl groups is 7. The number of amides is 1. The highest BCUT2D eigenvalue weighted by Gasteiger charge is 2.51. The van der Waals surface area contributed by atoms with Gasteiger partial charge in [0.2, 0.25) is 5.91 Å². The van der Waals surface area contributed by atoms with E-state index in [2.05, 4.69) is 31.3 Å². The summed E-state index contributed by atoms with van der Waals surface area (Å²) in [6.07, 6.45) is 34.1. The predicted octanol–water partition coefficient (Wildman–Crippen LogP) is 10.3. The van der Waals surface area contributed by atoms with Gasteiger partial charge < -0.3 is 46.0 Å². The Morgan fingerprint density at radius 1 is 0.530 bits per heavy atom. The molecule has 0 aromatic heterocycles. The van der Waals surface area contributed by atoms with Gasteiger partial charge in [-0.1, -0.05) is 224 Å². The van der Waals surface area contributed by atoms with Crippen molar-refractivity contribution in [2.75, 3.05) is 6.61 Å². The van der Waals surface area contributed by atoms with Gasteiger partial charge in [0.25, 0.3) is 0 Å². The van der Waals surface area contributed by atoms with Gasteiger partial charge in [0.1, 0.15) is 36.6 Å². The number of allylic oxidation sites excluding steroid dienone is 3. The van der Waals surface area contributed by atoms with Crippen LogP contribution in [0.1, 0.15) is 239 Å². The van der Waals surface area contributed by atoms with Crippen molar-refractivity contribution in [1.29, 1.82) is 0 Å². The molecule has 390 valence electrons. The zero-order valence-electron chi connectivity index (χ0n) is 41.6. The summed E-state index contributed by atoms with van der Waals surface area (Å²) in [5.74, 6) is -0.598. The fourth-order valence-electron chi connectivity index (χ4n) is 8.67. The summed E-state index contributed by atoms with van der Waals surface area (Å²) in [5.41, 5.74) is 0. The van der Waals surface area contributed by atoms with Gasteiger partial charge in [0.15, 0.2) is 0 Å². The number of rotatable bonds is 45. The van der Waals surface area contributed by atoms with Crippen molar-refractivity contribution in [2.45, 2.75) is 293 Å². The predicted molar refractivity (Wildman–Crippen MR) is 266 cm³/mol. The molecule has 1 rings (SSSR count). The van der Waals surface area contributed by atoms with Gasteiger partial charge in [-0.25, -0.2) is 4.57 Å². The van der Waals surface area contributed by atoms with Gasteiger partial charge in [0.05, 0.1) is 31.3 Å². The summed E-state index contributed by atoms with van der Waals surface area (Å²) in [6, 6.07) is -1.25. The minimum absolute atomic E-state index is 0.248. The molecule has 0 radical (unpaired) electrons. The Balaban J connectivity index is 2.46. The van der Waals surface area contributed by atoms with Gasteiger partial charge in [0, 0.05) is 0 Å². The van der Waals surface area contributed by atoms with Crippen molar-refractivity contribution in [3.63, 3.8) is 0 Å². The zero-order chi connectivity index (χ0) is 48.7. The molecule has 0 aromatic carbocycles. The van der Waals surface area contributed by atoms with Gasteiger partial charge in [-0.3, -0.25) is 13.8 Å². The van der Waals surface area contributed by atoms with Crippen LogP contribution in [0.3, 0.4) is 0 Å². The number of phosphoric acid groups is 1. The Labute approximate surface area is 401 Å². The van der Waals surface area contributed by atoms with E-state index < -0.39 is 75.2 Å². The van der Waals surface area contributed by atoms with E-state index in [4.69, 9.17) is 9.05 Å². The van der Waals surface area contributed by atoms with Crippen LogP contribution in [-0.4, -0.2) is 108 Å². The minimum Gasteiger partial charge on any atom is -0.393 e. The summed E-state index contributed by atoms with van der Waals surface area (Å²) >= 11 is 0. The van der Waals surface area contributed by atoms with Crippen molar-refractivity contribution in [1.82, 2.24) is 5.32 Å². The van der Waals surface area contributed by atoms with Crippen molar-refractivity contribution in [3.8, 4) is 0 Å². The number of phosphoric ester groups is 1. The summed E-state index contributed by atoms with van der Waals surface area (Å²) in [4.78, 5) is 23.5. The van der Waals surface area contributed by atoms with Crippen molar-refractivity contribution in [3.05, 3.63) is 24.3 Å². The maximum atomic E-state index is 13.1. The first kappa shape index (κ1) is 62.8. The lowest BCUT2D eigenvalue weighted by atomic mass is 9.85. The van der Waals surface area contributed by atoms with Gasteiger partial charge in [-0.2, -0.15) is 0 Å². The van der Waals surface area contributed by atoms with Crippen LogP contribution in [0.25, 0.3) is 0 Å². The summed E-state index contributed by atoms with van der Waals surface area (Å²) in [7, 11) is -5.15. The molecule has 1 aliphatic rings. The molecule has 66 heavy (non-hydrogen) atoms. The monoisotopic (exact) mass is 962 g/mol. The van der Waals surface area contributed by atoms with Crippen LogP contribution in [0.15, 0.2) is 24.3 Å². The Morgan fingerprint density at radius 3 is 1.33 bits per heavy atom. The number of carbonyl (C=O) groups is 1. The molecule has 1 fully saturated rings. The topological polar surface area (TPSA) is 226 Å². The van der Waals surface area contributed by atoms with Crippen LogP contribution in [-0.2, 0) is 18.4 Å². The largest absolute Gasteiger partial charge is 0.472 e. The second kappa shape index (κ2) is 41.6. The lowest BCUT2D eigenvalue weighted by Gasteiger charge is -2.41. The molecular weight excluding hydrogens is 862 g/mol. The molecule has 0 spiro atoms. The number of nitrogens with one attached hydrogen (secondary N) is 1. The second-order valence-electron chi connectivity index (χ2n) is 19.3. The molecule has 0 bridgehead atoms. The molecule has 1 amide bonds. The van der Waals surface area contributed by atoms with E-state index in [0.717, 1.165) is 44.9 Å². The average molecular weight is 962 g/mol. The fraction of sp³-hybridized carbons (Fsp3) is 0.904. The number of hydrogen-bond acceptors (Lipinski definition) is 11. The third-order valence-electron chi connectivity index (χ3n) is 13.0. The summed E-state index contributed by atoms with van der Waals surface area (Å²) < 4.78 is 22.9. The zero-order valence-corrected chi connectivity index (χ0v) is 42.5. The van der Waals surface area contributed by atoms with Crippen LogP contribution < -0.4 is 5.32 Å². The Bertz CT molecular complexity index is 1230. The Hall–Kier alpha value is -1.22. The number of aliphatic hydroxyl groups excluding tert-OH is 7. The first-order valence-corrected chi connectivity index (χ1v) is 28.4. The first-order chi connectivity index (χ1) is 31.8. The smallest absolute Gasteiger partial charge is 0.393 e. The molecule has 0 heterocycles. The summed E-state index contributed by atoms with van der Waals surface area (Å²) in [5, 5.41) is 74.7. The molecule has 0 aromatic rings. The van der Waals surface area contributed by atoms with E-state index in [1.165, 1.54) is 167 Å². The van der Waals surface area contributed by atoms with Gasteiger partial charge in [-0.05, 0) is 32.1 Å². The van der Waals surface area contributed by atoms with E-state index in [1.54, 1.807) is 6.08 Å². The van der Waals surface area contributed by atoms with Crippen LogP contribution in [0, 0.1) is 0 Å². The third kappa shape index (κ3) is 32.6. The number of hydrogen-bond donors (Lipinski definition) is 9. The van der Waals surface area contributed by atoms with Gasteiger partial charge >= 0.3 is 7.82 Å². The van der Waals surface area contributed by atoms with E-state index >= 15 is 0 Å². The van der Waals surface area contributed by atoms with E-state index in [9.17, 15) is 50.0 Å². The SMILES string of the molecule is CCCCCCCCCCCC/C=C/CC/C=C/C(O)C(COP(=O)(O)OC1C(O)C(O)C(O)C(O)C1O)NC(=O)CC(O)CCCCCCCCCCCCCCCCCCCCCC. The molecule has 9 N–H and O–H groups in total. The second-order valence-corrected chi connectivity index (χ2v) is 20.7. The Kier molecular flexibility index (Phi) is 39.5. The Morgan fingerprint density at radius 2 is 0.894 bits per heavy atom. The molecular formula is C52H100NO12P. The summed E-state index contributed by atoms with van der Waals surface area (Å²) in [6.45, 7) is 3.76. The third-order valence-corrected chi connectivity index (χ3v) is 14.0. The standard InChI is InChI=1S/C52H100NO12P/c1-3-5-7-9-11-13-15-17-19-21-22-23-24-25-27-29-31-33-35-37-39-43(54)41-46(56)53-44(42-64-66(62,63)65-52-50(60)48(58)47(57)49(59)51(52)61)45(55)40-38-36-34-32-30-28-26-20-18-16-14-12-10-8-6-4-2/h30,32,38,40,43-45,47-52,54-55,57-61H,3-29,31,33-37,39,41-42H2,1-2H3,(H,53,56)(H,62,63)/b32-30+,40-38+. The minimum atomic E-state index is -5.15. The van der Waals surface area contributed by atoms with Crippen LogP contribution in [0.4, 0.5) is 0 Å². The maximum absolute atomic E-state index is 13.1. The first-order valence-electron chi connectivity index (χ1n) is 26.9. The lowest BCUT2D eigenvalue weighted by Crippen LogP contribution is -2.64. The van der Waals surface area contributed by atoms with Crippen LogP contribution >= 0.6 is 7.82 Å². The molecule has 8 unspecified atom stereocenters. The highest BCUT2D eigenvalue weighted by atomic mass is 31.2. The molecule has 0 aliphatic heterocycles. The molecule has 0 saturated heterocycles. The van der Waals surface area contributed by atoms with Crippen LogP contribution in [0.5, 0.6) is 0 Å². The van der Waals surface area contributed by atoms with E-state index in [-0.39, 0.29) is 6.42 Å². The molecule has 1 aliphatic carbocycles. The highest BCUT2D eigenvalue weighted by Crippen LogP contribution is 2.47. The maximum Gasteiger partial charge on any atom is 0.472 e. The molecule has 1 saturated carbocycles. The molecule has 13 nitrogen and oxygen atoms in total. The van der Waals surface area contributed by atoms with Crippen LogP contribution in [0.2, 0.25) is 0 Å². The van der Waals surface area contributed by atoms with E-state index in [0.29, 0.717) is 12.8 Å². The van der Waals surface area contributed by atoms with Crippen molar-refractivity contribution in [2.24, 2.45) is 0 Å². The van der Waals surface area contributed by atoms with Gasteiger partial charge in [-0.15, -0.1) is 0 Å². The fourth-order valence-corrected chi connectivity index (χ4v) is 9.64. The average Bonchev–Trinajstić information content (AvgIpc) is 3.29.